The van der Waals surface area contributed by atoms with Crippen LogP contribution < -0.4 is 5.32 Å². The van der Waals surface area contributed by atoms with E-state index in [1.54, 1.807) is 16.7 Å². The van der Waals surface area contributed by atoms with Crippen LogP contribution in [0.1, 0.15) is 17.0 Å². The number of rotatable bonds is 7. The van der Waals surface area contributed by atoms with Gasteiger partial charge in [-0.1, -0.05) is 28.9 Å². The summed E-state index contributed by atoms with van der Waals surface area (Å²) in [6, 6.07) is 12.8. The van der Waals surface area contributed by atoms with Crippen LogP contribution in [0.4, 0.5) is 0 Å². The largest absolute Gasteiger partial charge is 0.394 e. The number of aromatic nitrogens is 3. The zero-order valence-electron chi connectivity index (χ0n) is 17.3. The molecule has 1 atom stereocenters. The van der Waals surface area contributed by atoms with Crippen molar-refractivity contribution in [1.29, 1.82) is 0 Å². The molecule has 7 nitrogen and oxygen atoms in total. The molecule has 0 fully saturated rings. The van der Waals surface area contributed by atoms with Crippen molar-refractivity contribution in [2.45, 2.75) is 32.9 Å². The summed E-state index contributed by atoms with van der Waals surface area (Å²) in [6.45, 7) is 3.66. The first-order valence-electron chi connectivity index (χ1n) is 9.98. The van der Waals surface area contributed by atoms with Crippen molar-refractivity contribution in [2.75, 3.05) is 6.61 Å². The van der Waals surface area contributed by atoms with E-state index >= 15 is 0 Å². The topological polar surface area (TPSA) is 93.2 Å². The summed E-state index contributed by atoms with van der Waals surface area (Å²) >= 11 is 5.92. The number of nitrogens with zero attached hydrogens (tertiary/aromatic N) is 3. The minimum Gasteiger partial charge on any atom is -0.394 e. The number of pyridine rings is 1. The van der Waals surface area contributed by atoms with Gasteiger partial charge in [-0.3, -0.25) is 4.79 Å². The second-order valence-corrected chi connectivity index (χ2v) is 7.97. The van der Waals surface area contributed by atoms with Gasteiger partial charge >= 0.3 is 0 Å². The standard InChI is InChI=1S/C23H23ClN4O3/c1-14-22(15(2)31-27-14)20-8-5-17-9-10-28(23(17)26-20)12-21(30)25-19(13-29)11-16-3-6-18(24)7-4-16/h3-10,19,29H,11-13H2,1-2H3,(H,25,30). The van der Waals surface area contributed by atoms with Crippen molar-refractivity contribution in [3.63, 3.8) is 0 Å². The molecule has 0 saturated heterocycles. The Labute approximate surface area is 184 Å². The summed E-state index contributed by atoms with van der Waals surface area (Å²) < 4.78 is 7.05. The molecule has 8 heteroatoms. The third-order valence-corrected chi connectivity index (χ3v) is 5.45. The maximum atomic E-state index is 12.7. The van der Waals surface area contributed by atoms with E-state index in [4.69, 9.17) is 21.1 Å². The normalized spacial score (nSPS) is 12.3. The van der Waals surface area contributed by atoms with Crippen LogP contribution >= 0.6 is 11.6 Å². The smallest absolute Gasteiger partial charge is 0.240 e. The Morgan fingerprint density at radius 2 is 1.97 bits per heavy atom. The molecule has 0 saturated carbocycles. The maximum absolute atomic E-state index is 12.7. The van der Waals surface area contributed by atoms with E-state index in [9.17, 15) is 9.90 Å². The molecule has 0 bridgehead atoms. The molecule has 0 aliphatic rings. The molecule has 1 aromatic carbocycles. The van der Waals surface area contributed by atoms with Gasteiger partial charge in [0.1, 0.15) is 18.0 Å². The molecule has 4 rings (SSSR count). The van der Waals surface area contributed by atoms with Crippen LogP contribution in [-0.4, -0.2) is 38.4 Å². The highest BCUT2D eigenvalue weighted by molar-refractivity contribution is 6.30. The second kappa shape index (κ2) is 8.91. The van der Waals surface area contributed by atoms with Crippen LogP contribution in [0.15, 0.2) is 53.2 Å². The fraction of sp³-hybridized carbons (Fsp3) is 0.261. The lowest BCUT2D eigenvalue weighted by molar-refractivity contribution is -0.122. The van der Waals surface area contributed by atoms with E-state index in [-0.39, 0.29) is 25.1 Å². The molecular weight excluding hydrogens is 416 g/mol. The van der Waals surface area contributed by atoms with Crippen LogP contribution in [0.3, 0.4) is 0 Å². The lowest BCUT2D eigenvalue weighted by Crippen LogP contribution is -2.40. The van der Waals surface area contributed by atoms with Crippen LogP contribution in [0.2, 0.25) is 5.02 Å². The van der Waals surface area contributed by atoms with E-state index < -0.39 is 0 Å². The van der Waals surface area contributed by atoms with E-state index in [1.807, 2.05) is 50.4 Å². The Morgan fingerprint density at radius 1 is 1.19 bits per heavy atom. The molecule has 3 heterocycles. The van der Waals surface area contributed by atoms with Crippen LogP contribution in [0.5, 0.6) is 0 Å². The molecule has 0 radical (unpaired) electrons. The number of aryl methyl sites for hydroxylation is 2. The Bertz CT molecular complexity index is 1190. The average molecular weight is 439 g/mol. The number of aliphatic hydroxyl groups is 1. The van der Waals surface area contributed by atoms with Gasteiger partial charge in [-0.25, -0.2) is 4.98 Å². The lowest BCUT2D eigenvalue weighted by atomic mass is 10.1. The molecule has 0 aliphatic heterocycles. The Morgan fingerprint density at radius 3 is 2.65 bits per heavy atom. The first kappa shape index (κ1) is 21.1. The summed E-state index contributed by atoms with van der Waals surface area (Å²) in [4.78, 5) is 17.4. The van der Waals surface area contributed by atoms with Gasteiger partial charge in [0.05, 0.1) is 29.6 Å². The van der Waals surface area contributed by atoms with Gasteiger partial charge in [-0.2, -0.15) is 0 Å². The van der Waals surface area contributed by atoms with E-state index in [1.165, 1.54) is 0 Å². The van der Waals surface area contributed by atoms with E-state index in [2.05, 4.69) is 10.5 Å². The van der Waals surface area contributed by atoms with Gasteiger partial charge in [0.15, 0.2) is 0 Å². The highest BCUT2D eigenvalue weighted by Gasteiger charge is 2.16. The van der Waals surface area contributed by atoms with Gasteiger partial charge in [-0.05, 0) is 56.2 Å². The van der Waals surface area contributed by atoms with Gasteiger partial charge in [0.2, 0.25) is 5.91 Å². The molecule has 0 aliphatic carbocycles. The van der Waals surface area contributed by atoms with Crippen LogP contribution in [-0.2, 0) is 17.8 Å². The van der Waals surface area contributed by atoms with Crippen molar-refractivity contribution >= 4 is 28.5 Å². The Hall–Kier alpha value is -3.16. The van der Waals surface area contributed by atoms with Gasteiger partial charge in [0.25, 0.3) is 0 Å². The number of halogens is 1. The number of nitrogens with one attached hydrogen (secondary N) is 1. The zero-order valence-corrected chi connectivity index (χ0v) is 18.1. The highest BCUT2D eigenvalue weighted by atomic mass is 35.5. The molecule has 3 aromatic heterocycles. The van der Waals surface area contributed by atoms with Crippen molar-refractivity contribution in [1.82, 2.24) is 20.0 Å². The molecule has 1 amide bonds. The number of amides is 1. The second-order valence-electron chi connectivity index (χ2n) is 7.53. The number of hydrogen-bond acceptors (Lipinski definition) is 5. The lowest BCUT2D eigenvalue weighted by Gasteiger charge is -2.17. The predicted octanol–water partition coefficient (Wildman–Crippen LogP) is 3.68. The first-order chi connectivity index (χ1) is 14.9. The molecule has 1 unspecified atom stereocenters. The third-order valence-electron chi connectivity index (χ3n) is 5.20. The molecule has 0 spiro atoms. The number of benzene rings is 1. The zero-order chi connectivity index (χ0) is 22.0. The summed E-state index contributed by atoms with van der Waals surface area (Å²) in [6.07, 6.45) is 2.35. The third kappa shape index (κ3) is 4.62. The molecule has 160 valence electrons. The number of aliphatic hydroxyl groups excluding tert-OH is 1. The molecule has 2 N–H and O–H groups in total. The minimum atomic E-state index is -0.388. The number of fused-ring (bicyclic) bond motifs is 1. The van der Waals surface area contributed by atoms with E-state index in [0.717, 1.165) is 27.9 Å². The van der Waals surface area contributed by atoms with E-state index in [0.29, 0.717) is 22.9 Å². The van der Waals surface area contributed by atoms with Crippen LogP contribution in [0.25, 0.3) is 22.3 Å². The monoisotopic (exact) mass is 438 g/mol. The van der Waals surface area contributed by atoms with Crippen LogP contribution in [0, 0.1) is 13.8 Å². The molecule has 4 aromatic rings. The SMILES string of the molecule is Cc1noc(C)c1-c1ccc2ccn(CC(=O)NC(CO)Cc3ccc(Cl)cc3)c2n1. The molecular formula is C23H23ClN4O3. The number of hydrogen-bond donors (Lipinski definition) is 2. The molecule has 31 heavy (non-hydrogen) atoms. The minimum absolute atomic E-state index is 0.0959. The van der Waals surface area contributed by atoms with Gasteiger partial charge in [0, 0.05) is 16.6 Å². The fourth-order valence-corrected chi connectivity index (χ4v) is 3.80. The van der Waals surface area contributed by atoms with Crippen molar-refractivity contribution in [2.24, 2.45) is 0 Å². The summed E-state index contributed by atoms with van der Waals surface area (Å²) in [7, 11) is 0. The summed E-state index contributed by atoms with van der Waals surface area (Å²) in [5.74, 6) is 0.503. The van der Waals surface area contributed by atoms with Crippen molar-refractivity contribution < 1.29 is 14.4 Å². The average Bonchev–Trinajstić information content (AvgIpc) is 3.31. The first-order valence-corrected chi connectivity index (χ1v) is 10.4. The Balaban J connectivity index is 1.50. The summed E-state index contributed by atoms with van der Waals surface area (Å²) in [5.41, 5.74) is 4.07. The highest BCUT2D eigenvalue weighted by Crippen LogP contribution is 2.27. The predicted molar refractivity (Wildman–Crippen MR) is 119 cm³/mol. The maximum Gasteiger partial charge on any atom is 0.240 e. The summed E-state index contributed by atoms with van der Waals surface area (Å²) in [5, 5.41) is 18.2. The number of carbonyl (C=O) groups excluding carboxylic acids is 1. The van der Waals surface area contributed by atoms with Gasteiger partial charge < -0.3 is 19.5 Å². The fourth-order valence-electron chi connectivity index (χ4n) is 3.67. The van der Waals surface area contributed by atoms with Crippen molar-refractivity contribution in [3.8, 4) is 11.3 Å². The Kier molecular flexibility index (Phi) is 6.06. The van der Waals surface area contributed by atoms with Crippen molar-refractivity contribution in [3.05, 3.63) is 70.7 Å². The quantitative estimate of drug-likeness (QED) is 0.459. The van der Waals surface area contributed by atoms with Gasteiger partial charge in [-0.15, -0.1) is 0 Å². The number of carbonyl (C=O) groups is 1.